The summed E-state index contributed by atoms with van der Waals surface area (Å²) in [5.74, 6) is 2.98. The molecule has 1 atom stereocenters. The lowest BCUT2D eigenvalue weighted by Gasteiger charge is -2.59. The summed E-state index contributed by atoms with van der Waals surface area (Å²) in [5.41, 5.74) is 2.68. The van der Waals surface area contributed by atoms with Crippen LogP contribution in [0.15, 0.2) is 12.3 Å². The topological polar surface area (TPSA) is 24.9 Å². The highest BCUT2D eigenvalue weighted by Gasteiger charge is 2.53. The summed E-state index contributed by atoms with van der Waals surface area (Å²) in [6.07, 6.45) is 10.6. The lowest BCUT2D eigenvalue weighted by atomic mass is 9.48. The minimum atomic E-state index is 0.493. The van der Waals surface area contributed by atoms with Crippen molar-refractivity contribution in [2.24, 2.45) is 23.2 Å². The average Bonchev–Trinajstić information content (AvgIpc) is 2.41. The Morgan fingerprint density at radius 2 is 1.76 bits per heavy atom. The van der Waals surface area contributed by atoms with Crippen LogP contribution < -0.4 is 5.32 Å². The number of anilines is 1. The standard InChI is InChI=1S/C18H25ClN2/c1-11-3-16(17(19)20-10-11)21-12(2)18-7-13-4-14(8-18)6-15(5-13)9-18/h3,10,12-15,21H,4-9H2,1-2H3. The summed E-state index contributed by atoms with van der Waals surface area (Å²) >= 11 is 6.27. The maximum absolute atomic E-state index is 6.27. The van der Waals surface area contributed by atoms with Crippen LogP contribution in [0.3, 0.4) is 0 Å². The number of nitrogens with one attached hydrogen (secondary N) is 1. The molecular weight excluding hydrogens is 280 g/mol. The molecule has 0 amide bonds. The van der Waals surface area contributed by atoms with Gasteiger partial charge in [0.15, 0.2) is 5.15 Å². The molecule has 5 rings (SSSR count). The maximum atomic E-state index is 6.27. The van der Waals surface area contributed by atoms with Gasteiger partial charge in [-0.3, -0.25) is 0 Å². The second-order valence-electron chi connectivity index (χ2n) is 8.00. The fourth-order valence-corrected chi connectivity index (χ4v) is 5.91. The SMILES string of the molecule is Cc1cnc(Cl)c(NC(C)C23CC4CC(CC(C4)C2)C3)c1. The molecule has 1 aromatic heterocycles. The van der Waals surface area contributed by atoms with E-state index < -0.39 is 0 Å². The van der Waals surface area contributed by atoms with Gasteiger partial charge < -0.3 is 5.32 Å². The normalized spacial score (nSPS) is 38.5. The zero-order valence-electron chi connectivity index (χ0n) is 13.0. The molecule has 0 radical (unpaired) electrons. The zero-order chi connectivity index (χ0) is 14.6. The van der Waals surface area contributed by atoms with Gasteiger partial charge in [-0.05, 0) is 87.2 Å². The van der Waals surface area contributed by atoms with Crippen molar-refractivity contribution in [1.29, 1.82) is 0 Å². The number of rotatable bonds is 3. The molecule has 0 saturated heterocycles. The van der Waals surface area contributed by atoms with Crippen molar-refractivity contribution < 1.29 is 0 Å². The van der Waals surface area contributed by atoms with E-state index in [0.29, 0.717) is 16.6 Å². The van der Waals surface area contributed by atoms with Gasteiger partial charge >= 0.3 is 0 Å². The van der Waals surface area contributed by atoms with Gasteiger partial charge in [0.2, 0.25) is 0 Å². The van der Waals surface area contributed by atoms with Crippen molar-refractivity contribution in [3.05, 3.63) is 23.0 Å². The molecule has 0 aromatic carbocycles. The highest BCUT2D eigenvalue weighted by Crippen LogP contribution is 2.61. The molecule has 114 valence electrons. The number of hydrogen-bond donors (Lipinski definition) is 1. The monoisotopic (exact) mass is 304 g/mol. The molecule has 2 nitrogen and oxygen atoms in total. The fourth-order valence-electron chi connectivity index (χ4n) is 5.75. The summed E-state index contributed by atoms with van der Waals surface area (Å²) in [7, 11) is 0. The number of aryl methyl sites for hydroxylation is 1. The van der Waals surface area contributed by atoms with E-state index in [2.05, 4.69) is 30.2 Å². The van der Waals surface area contributed by atoms with Crippen LogP contribution in [0.2, 0.25) is 5.15 Å². The van der Waals surface area contributed by atoms with Crippen LogP contribution in [-0.4, -0.2) is 11.0 Å². The Bertz CT molecular complexity index is 519. The number of hydrogen-bond acceptors (Lipinski definition) is 2. The van der Waals surface area contributed by atoms with Crippen molar-refractivity contribution >= 4 is 17.3 Å². The molecule has 4 aliphatic carbocycles. The van der Waals surface area contributed by atoms with E-state index >= 15 is 0 Å². The van der Waals surface area contributed by atoms with Crippen LogP contribution in [0.25, 0.3) is 0 Å². The first-order valence-electron chi connectivity index (χ1n) is 8.43. The number of pyridine rings is 1. The van der Waals surface area contributed by atoms with Gasteiger partial charge in [-0.1, -0.05) is 11.6 Å². The van der Waals surface area contributed by atoms with Crippen molar-refractivity contribution in [2.75, 3.05) is 5.32 Å². The summed E-state index contributed by atoms with van der Waals surface area (Å²) in [6.45, 7) is 4.44. The van der Waals surface area contributed by atoms with Gasteiger partial charge in [0, 0.05) is 12.2 Å². The van der Waals surface area contributed by atoms with Crippen LogP contribution in [0, 0.1) is 30.1 Å². The molecule has 4 fully saturated rings. The Labute approximate surface area is 132 Å². The smallest absolute Gasteiger partial charge is 0.152 e. The van der Waals surface area contributed by atoms with Gasteiger partial charge in [0.25, 0.3) is 0 Å². The van der Waals surface area contributed by atoms with Crippen LogP contribution in [0.4, 0.5) is 5.69 Å². The fraction of sp³-hybridized carbons (Fsp3) is 0.722. The molecule has 1 aromatic rings. The summed E-state index contributed by atoms with van der Waals surface area (Å²) in [5, 5.41) is 4.32. The van der Waals surface area contributed by atoms with Gasteiger partial charge in [-0.25, -0.2) is 4.98 Å². The molecule has 0 spiro atoms. The van der Waals surface area contributed by atoms with Gasteiger partial charge in [-0.2, -0.15) is 0 Å². The van der Waals surface area contributed by atoms with Crippen molar-refractivity contribution in [2.45, 2.75) is 58.4 Å². The molecule has 1 heterocycles. The van der Waals surface area contributed by atoms with Gasteiger partial charge in [0.05, 0.1) is 5.69 Å². The third-order valence-corrected chi connectivity index (χ3v) is 6.65. The summed E-state index contributed by atoms with van der Waals surface area (Å²) in [6, 6.07) is 2.62. The van der Waals surface area contributed by atoms with E-state index in [0.717, 1.165) is 23.4 Å². The van der Waals surface area contributed by atoms with E-state index in [-0.39, 0.29) is 0 Å². The molecule has 21 heavy (non-hydrogen) atoms. The third-order valence-electron chi connectivity index (χ3n) is 6.35. The lowest BCUT2D eigenvalue weighted by Crippen LogP contribution is -2.52. The largest absolute Gasteiger partial charge is 0.380 e. The number of aromatic nitrogens is 1. The Balaban J connectivity index is 1.57. The van der Waals surface area contributed by atoms with Crippen LogP contribution >= 0.6 is 11.6 Å². The minimum Gasteiger partial charge on any atom is -0.380 e. The highest BCUT2D eigenvalue weighted by atomic mass is 35.5. The molecule has 3 heteroatoms. The number of halogens is 1. The maximum Gasteiger partial charge on any atom is 0.152 e. The first-order valence-corrected chi connectivity index (χ1v) is 8.80. The van der Waals surface area contributed by atoms with E-state index in [9.17, 15) is 0 Å². The van der Waals surface area contributed by atoms with Crippen LogP contribution in [0.1, 0.15) is 51.0 Å². The first-order chi connectivity index (χ1) is 10.0. The quantitative estimate of drug-likeness (QED) is 0.789. The average molecular weight is 305 g/mol. The first kappa shape index (κ1) is 13.9. The van der Waals surface area contributed by atoms with E-state index in [4.69, 9.17) is 11.6 Å². The minimum absolute atomic E-state index is 0.493. The highest BCUT2D eigenvalue weighted by molar-refractivity contribution is 6.32. The zero-order valence-corrected chi connectivity index (χ0v) is 13.8. The van der Waals surface area contributed by atoms with E-state index in [1.807, 2.05) is 6.20 Å². The van der Waals surface area contributed by atoms with E-state index in [1.54, 1.807) is 0 Å². The van der Waals surface area contributed by atoms with Crippen molar-refractivity contribution in [3.63, 3.8) is 0 Å². The Hall–Kier alpha value is -0.760. The summed E-state index contributed by atoms with van der Waals surface area (Å²) < 4.78 is 0. The second kappa shape index (κ2) is 4.87. The molecule has 4 saturated carbocycles. The van der Waals surface area contributed by atoms with Gasteiger partial charge in [0.1, 0.15) is 0 Å². The third kappa shape index (κ3) is 2.36. The lowest BCUT2D eigenvalue weighted by molar-refractivity contribution is -0.0602. The predicted octanol–water partition coefficient (Wildman–Crippen LogP) is 5.06. The Morgan fingerprint density at radius 3 is 2.33 bits per heavy atom. The molecule has 1 N–H and O–H groups in total. The van der Waals surface area contributed by atoms with E-state index in [1.165, 1.54) is 44.1 Å². The Kier molecular flexibility index (Phi) is 3.22. The molecule has 0 aliphatic heterocycles. The summed E-state index contributed by atoms with van der Waals surface area (Å²) in [4.78, 5) is 4.28. The van der Waals surface area contributed by atoms with Crippen LogP contribution in [-0.2, 0) is 0 Å². The van der Waals surface area contributed by atoms with Crippen molar-refractivity contribution in [1.82, 2.24) is 4.98 Å². The van der Waals surface area contributed by atoms with Gasteiger partial charge in [-0.15, -0.1) is 0 Å². The molecule has 4 aliphatic rings. The predicted molar refractivity (Wildman–Crippen MR) is 87.7 cm³/mol. The molecule has 4 bridgehead atoms. The van der Waals surface area contributed by atoms with Crippen molar-refractivity contribution in [3.8, 4) is 0 Å². The molecular formula is C18H25ClN2. The molecule has 1 unspecified atom stereocenters. The second-order valence-corrected chi connectivity index (χ2v) is 8.36. The van der Waals surface area contributed by atoms with Crippen LogP contribution in [0.5, 0.6) is 0 Å². The number of nitrogens with zero attached hydrogens (tertiary/aromatic N) is 1. The Morgan fingerprint density at radius 1 is 1.19 bits per heavy atom.